The lowest BCUT2D eigenvalue weighted by atomic mass is 10.0. The lowest BCUT2D eigenvalue weighted by molar-refractivity contribution is 0.187. The molecule has 0 amide bonds. The van der Waals surface area contributed by atoms with Crippen molar-refractivity contribution in [2.45, 2.75) is 13.0 Å². The summed E-state index contributed by atoms with van der Waals surface area (Å²) in [5.74, 6) is 0.521. The van der Waals surface area contributed by atoms with Crippen molar-refractivity contribution in [3.63, 3.8) is 0 Å². The summed E-state index contributed by atoms with van der Waals surface area (Å²) in [5.41, 5.74) is 1.90. The van der Waals surface area contributed by atoms with E-state index in [1.54, 1.807) is 6.07 Å². The van der Waals surface area contributed by atoms with Crippen molar-refractivity contribution in [2.75, 3.05) is 0 Å². The predicted molar refractivity (Wildman–Crippen MR) is 69.3 cm³/mol. The minimum Gasteiger partial charge on any atom is -0.450 e. The fourth-order valence-electron chi connectivity index (χ4n) is 1.54. The standard InChI is InChI=1S/C12H10Br2O2/c1-7-4-2-3-5-8(7)11(15)10-6-9(13)12(14)16-10/h2-6,11,15H,1H3. The Morgan fingerprint density at radius 2 is 1.94 bits per heavy atom. The summed E-state index contributed by atoms with van der Waals surface area (Å²) in [7, 11) is 0. The highest BCUT2D eigenvalue weighted by Gasteiger charge is 2.18. The molecule has 0 radical (unpaired) electrons. The van der Waals surface area contributed by atoms with E-state index in [1.165, 1.54) is 0 Å². The smallest absolute Gasteiger partial charge is 0.183 e. The van der Waals surface area contributed by atoms with Crippen LogP contribution in [-0.2, 0) is 0 Å². The molecule has 1 heterocycles. The minimum absolute atomic E-state index is 0.521. The van der Waals surface area contributed by atoms with E-state index >= 15 is 0 Å². The Morgan fingerprint density at radius 3 is 2.50 bits per heavy atom. The highest BCUT2D eigenvalue weighted by Crippen LogP contribution is 2.33. The van der Waals surface area contributed by atoms with Crippen LogP contribution in [0.5, 0.6) is 0 Å². The van der Waals surface area contributed by atoms with E-state index in [2.05, 4.69) is 31.9 Å². The van der Waals surface area contributed by atoms with E-state index in [0.29, 0.717) is 10.4 Å². The average Bonchev–Trinajstić information content (AvgIpc) is 2.59. The highest BCUT2D eigenvalue weighted by molar-refractivity contribution is 9.13. The van der Waals surface area contributed by atoms with Gasteiger partial charge in [0.25, 0.3) is 0 Å². The molecule has 1 aromatic carbocycles. The van der Waals surface area contributed by atoms with Gasteiger partial charge in [0, 0.05) is 0 Å². The van der Waals surface area contributed by atoms with Crippen LogP contribution >= 0.6 is 31.9 Å². The maximum Gasteiger partial charge on any atom is 0.183 e. The molecule has 4 heteroatoms. The Hall–Kier alpha value is -0.580. The number of hydrogen-bond donors (Lipinski definition) is 1. The molecule has 0 aliphatic carbocycles. The molecule has 0 aliphatic rings. The molecule has 1 N–H and O–H groups in total. The number of hydrogen-bond acceptors (Lipinski definition) is 2. The molecule has 84 valence electrons. The van der Waals surface area contributed by atoms with Gasteiger partial charge in [0.05, 0.1) is 4.47 Å². The molecule has 1 unspecified atom stereocenters. The molecule has 0 spiro atoms. The molecule has 2 aromatic rings. The van der Waals surface area contributed by atoms with Gasteiger partial charge in [-0.3, -0.25) is 0 Å². The van der Waals surface area contributed by atoms with Crippen LogP contribution in [0.15, 0.2) is 43.9 Å². The Morgan fingerprint density at radius 1 is 1.25 bits per heavy atom. The SMILES string of the molecule is Cc1ccccc1C(O)c1cc(Br)c(Br)o1. The van der Waals surface area contributed by atoms with Crippen LogP contribution in [0.1, 0.15) is 23.0 Å². The fraction of sp³-hybridized carbons (Fsp3) is 0.167. The monoisotopic (exact) mass is 344 g/mol. The topological polar surface area (TPSA) is 33.4 Å². The average molecular weight is 346 g/mol. The van der Waals surface area contributed by atoms with Crippen LogP contribution < -0.4 is 0 Å². The van der Waals surface area contributed by atoms with Crippen LogP contribution in [-0.4, -0.2) is 5.11 Å². The van der Waals surface area contributed by atoms with Crippen LogP contribution in [0.4, 0.5) is 0 Å². The first kappa shape index (κ1) is 11.9. The van der Waals surface area contributed by atoms with Gasteiger partial charge in [0.2, 0.25) is 0 Å². The molecule has 1 atom stereocenters. The summed E-state index contributed by atoms with van der Waals surface area (Å²) in [6.07, 6.45) is -0.733. The zero-order chi connectivity index (χ0) is 11.7. The second kappa shape index (κ2) is 4.73. The van der Waals surface area contributed by atoms with Crippen LogP contribution in [0.2, 0.25) is 0 Å². The summed E-state index contributed by atoms with van der Waals surface area (Å²) in [5, 5.41) is 10.2. The second-order valence-electron chi connectivity index (χ2n) is 3.53. The van der Waals surface area contributed by atoms with Crippen LogP contribution in [0.25, 0.3) is 0 Å². The molecule has 0 saturated heterocycles. The van der Waals surface area contributed by atoms with Crippen molar-refractivity contribution in [3.8, 4) is 0 Å². The first-order chi connectivity index (χ1) is 7.59. The predicted octanol–water partition coefficient (Wildman–Crippen LogP) is 4.19. The molecule has 0 bridgehead atoms. The normalized spacial score (nSPS) is 12.8. The molecule has 2 nitrogen and oxygen atoms in total. The second-order valence-corrected chi connectivity index (χ2v) is 5.10. The Balaban J connectivity index is 2.39. The largest absolute Gasteiger partial charge is 0.450 e. The number of furan rings is 1. The third-order valence-corrected chi connectivity index (χ3v) is 4.13. The van der Waals surface area contributed by atoms with E-state index in [-0.39, 0.29) is 0 Å². The van der Waals surface area contributed by atoms with Gasteiger partial charge in [-0.05, 0) is 56.0 Å². The number of aliphatic hydroxyl groups excluding tert-OH is 1. The first-order valence-electron chi connectivity index (χ1n) is 4.78. The summed E-state index contributed by atoms with van der Waals surface area (Å²) in [4.78, 5) is 0. The van der Waals surface area contributed by atoms with Gasteiger partial charge in [-0.1, -0.05) is 24.3 Å². The molecule has 0 saturated carbocycles. The van der Waals surface area contributed by atoms with Gasteiger partial charge < -0.3 is 9.52 Å². The maximum atomic E-state index is 10.2. The summed E-state index contributed by atoms with van der Waals surface area (Å²) in [6, 6.07) is 9.47. The number of benzene rings is 1. The first-order valence-corrected chi connectivity index (χ1v) is 6.36. The van der Waals surface area contributed by atoms with Gasteiger partial charge >= 0.3 is 0 Å². The van der Waals surface area contributed by atoms with Crippen molar-refractivity contribution in [3.05, 3.63) is 56.4 Å². The Bertz CT molecular complexity index is 486. The van der Waals surface area contributed by atoms with Gasteiger partial charge in [-0.15, -0.1) is 0 Å². The quantitative estimate of drug-likeness (QED) is 0.885. The molecule has 0 fully saturated rings. The van der Waals surface area contributed by atoms with Crippen LogP contribution in [0, 0.1) is 6.92 Å². The summed E-state index contributed by atoms with van der Waals surface area (Å²) >= 11 is 6.57. The van der Waals surface area contributed by atoms with Crippen molar-refractivity contribution < 1.29 is 9.52 Å². The Labute approximate surface area is 111 Å². The Kier molecular flexibility index (Phi) is 3.52. The van der Waals surface area contributed by atoms with Crippen molar-refractivity contribution in [2.24, 2.45) is 0 Å². The van der Waals surface area contributed by atoms with Crippen molar-refractivity contribution in [1.29, 1.82) is 0 Å². The van der Waals surface area contributed by atoms with E-state index < -0.39 is 6.10 Å². The summed E-state index contributed by atoms with van der Waals surface area (Å²) in [6.45, 7) is 1.96. The van der Waals surface area contributed by atoms with E-state index in [1.807, 2.05) is 31.2 Å². The lowest BCUT2D eigenvalue weighted by Gasteiger charge is -2.10. The third-order valence-electron chi connectivity index (χ3n) is 2.42. The van der Waals surface area contributed by atoms with E-state index in [9.17, 15) is 5.11 Å². The number of halogens is 2. The zero-order valence-electron chi connectivity index (χ0n) is 8.58. The molecule has 2 rings (SSSR count). The molecule has 16 heavy (non-hydrogen) atoms. The van der Waals surface area contributed by atoms with E-state index in [4.69, 9.17) is 4.42 Å². The van der Waals surface area contributed by atoms with Gasteiger partial charge in [0.15, 0.2) is 4.67 Å². The van der Waals surface area contributed by atoms with E-state index in [0.717, 1.165) is 15.6 Å². The third kappa shape index (κ3) is 2.24. The molecular formula is C12H10Br2O2. The summed E-state index contributed by atoms with van der Waals surface area (Å²) < 4.78 is 6.80. The van der Waals surface area contributed by atoms with Crippen molar-refractivity contribution in [1.82, 2.24) is 0 Å². The van der Waals surface area contributed by atoms with Gasteiger partial charge in [-0.25, -0.2) is 0 Å². The zero-order valence-corrected chi connectivity index (χ0v) is 11.7. The van der Waals surface area contributed by atoms with Gasteiger partial charge in [0.1, 0.15) is 11.9 Å². The maximum absolute atomic E-state index is 10.2. The number of aliphatic hydroxyl groups is 1. The molecular weight excluding hydrogens is 336 g/mol. The van der Waals surface area contributed by atoms with Gasteiger partial charge in [-0.2, -0.15) is 0 Å². The van der Waals surface area contributed by atoms with Crippen LogP contribution in [0.3, 0.4) is 0 Å². The lowest BCUT2D eigenvalue weighted by Crippen LogP contribution is -2.00. The molecule has 0 aliphatic heterocycles. The number of aryl methyl sites for hydroxylation is 1. The van der Waals surface area contributed by atoms with Crippen molar-refractivity contribution >= 4 is 31.9 Å². The number of rotatable bonds is 2. The highest BCUT2D eigenvalue weighted by atomic mass is 79.9. The molecule has 1 aromatic heterocycles. The minimum atomic E-state index is -0.733. The fourth-order valence-corrected chi connectivity index (χ4v) is 2.15.